The van der Waals surface area contributed by atoms with Gasteiger partial charge < -0.3 is 9.88 Å². The Bertz CT molecular complexity index is 352. The van der Waals surface area contributed by atoms with Gasteiger partial charge in [0.1, 0.15) is 5.82 Å². The van der Waals surface area contributed by atoms with Gasteiger partial charge in [0.25, 0.3) is 0 Å². The van der Waals surface area contributed by atoms with Gasteiger partial charge in [-0.25, -0.2) is 4.98 Å². The molecule has 90 valence electrons. The first kappa shape index (κ1) is 11.6. The quantitative estimate of drug-likeness (QED) is 0.844. The Balaban J connectivity index is 2.30. The smallest absolute Gasteiger partial charge is 0.110 e. The predicted octanol–water partition coefficient (Wildman–Crippen LogP) is 2.10. The molecule has 1 aliphatic rings. The van der Waals surface area contributed by atoms with Gasteiger partial charge in [-0.05, 0) is 32.2 Å². The number of rotatable bonds is 4. The lowest BCUT2D eigenvalue weighted by atomic mass is 10.0. The molecule has 0 atom stereocenters. The topological polar surface area (TPSA) is 29.9 Å². The van der Waals surface area contributed by atoms with Gasteiger partial charge in [0.05, 0.1) is 5.69 Å². The van der Waals surface area contributed by atoms with Gasteiger partial charge in [-0.1, -0.05) is 13.8 Å². The van der Waals surface area contributed by atoms with E-state index in [0.717, 1.165) is 13.0 Å². The molecular weight excluding hydrogens is 198 g/mol. The van der Waals surface area contributed by atoms with Gasteiger partial charge in [-0.3, -0.25) is 0 Å². The molecule has 1 aliphatic heterocycles. The summed E-state index contributed by atoms with van der Waals surface area (Å²) in [6.07, 6.45) is 4.92. The van der Waals surface area contributed by atoms with Crippen molar-refractivity contribution in [1.29, 1.82) is 0 Å². The molecule has 3 heteroatoms. The first-order valence-electron chi connectivity index (χ1n) is 6.46. The van der Waals surface area contributed by atoms with E-state index >= 15 is 0 Å². The van der Waals surface area contributed by atoms with Crippen LogP contribution in [0.5, 0.6) is 0 Å². The van der Waals surface area contributed by atoms with Crippen LogP contribution >= 0.6 is 0 Å². The highest BCUT2D eigenvalue weighted by Gasteiger charge is 2.20. The Labute approximate surface area is 98.3 Å². The minimum absolute atomic E-state index is 0.558. The molecule has 2 heterocycles. The van der Waals surface area contributed by atoms with Gasteiger partial charge in [0, 0.05) is 25.2 Å². The third-order valence-electron chi connectivity index (χ3n) is 3.37. The van der Waals surface area contributed by atoms with E-state index in [9.17, 15) is 0 Å². The van der Waals surface area contributed by atoms with Crippen LogP contribution in [0.15, 0.2) is 0 Å². The second-order valence-electron chi connectivity index (χ2n) is 4.98. The summed E-state index contributed by atoms with van der Waals surface area (Å²) in [5.74, 6) is 1.84. The van der Waals surface area contributed by atoms with E-state index in [1.54, 1.807) is 0 Å². The number of hydrogen-bond acceptors (Lipinski definition) is 2. The summed E-state index contributed by atoms with van der Waals surface area (Å²) in [6, 6.07) is 0. The van der Waals surface area contributed by atoms with E-state index in [4.69, 9.17) is 4.98 Å². The first-order chi connectivity index (χ1) is 7.74. The van der Waals surface area contributed by atoms with Crippen LogP contribution in [0, 0.1) is 0 Å². The second-order valence-corrected chi connectivity index (χ2v) is 4.98. The van der Waals surface area contributed by atoms with Crippen molar-refractivity contribution in [2.24, 2.45) is 0 Å². The highest BCUT2D eigenvalue weighted by atomic mass is 15.1. The Morgan fingerprint density at radius 2 is 2.19 bits per heavy atom. The maximum Gasteiger partial charge on any atom is 0.110 e. The highest BCUT2D eigenvalue weighted by molar-refractivity contribution is 5.22. The van der Waals surface area contributed by atoms with Crippen molar-refractivity contribution in [3.05, 3.63) is 17.2 Å². The average Bonchev–Trinajstić information content (AvgIpc) is 2.65. The molecule has 0 unspecified atom stereocenters. The monoisotopic (exact) mass is 221 g/mol. The van der Waals surface area contributed by atoms with E-state index in [0.29, 0.717) is 5.92 Å². The molecule has 2 rings (SSSR count). The van der Waals surface area contributed by atoms with Crippen LogP contribution in [0.2, 0.25) is 0 Å². The number of fused-ring (bicyclic) bond motifs is 1. The first-order valence-corrected chi connectivity index (χ1v) is 6.46. The van der Waals surface area contributed by atoms with E-state index in [1.807, 2.05) is 7.05 Å². The molecule has 16 heavy (non-hydrogen) atoms. The molecule has 0 amide bonds. The number of imidazole rings is 1. The van der Waals surface area contributed by atoms with E-state index in [1.165, 1.54) is 43.0 Å². The van der Waals surface area contributed by atoms with Crippen molar-refractivity contribution in [3.63, 3.8) is 0 Å². The van der Waals surface area contributed by atoms with Crippen molar-refractivity contribution >= 4 is 0 Å². The van der Waals surface area contributed by atoms with E-state index in [-0.39, 0.29) is 0 Å². The van der Waals surface area contributed by atoms with Crippen LogP contribution in [0.3, 0.4) is 0 Å². The fourth-order valence-electron chi connectivity index (χ4n) is 2.54. The van der Waals surface area contributed by atoms with Gasteiger partial charge in [0.15, 0.2) is 0 Å². The molecule has 1 aromatic rings. The molecular formula is C13H23N3. The maximum absolute atomic E-state index is 4.85. The summed E-state index contributed by atoms with van der Waals surface area (Å²) >= 11 is 0. The Morgan fingerprint density at radius 3 is 2.88 bits per heavy atom. The largest absolute Gasteiger partial charge is 0.332 e. The predicted molar refractivity (Wildman–Crippen MR) is 66.9 cm³/mol. The van der Waals surface area contributed by atoms with Gasteiger partial charge in [-0.15, -0.1) is 0 Å². The summed E-state index contributed by atoms with van der Waals surface area (Å²) in [5, 5.41) is 3.21. The van der Waals surface area contributed by atoms with Crippen LogP contribution in [0.4, 0.5) is 0 Å². The fraction of sp³-hybridized carbons (Fsp3) is 0.769. The molecule has 3 nitrogen and oxygen atoms in total. The van der Waals surface area contributed by atoms with Crippen LogP contribution in [0.25, 0.3) is 0 Å². The lowest BCUT2D eigenvalue weighted by molar-refractivity contribution is 0.508. The summed E-state index contributed by atoms with van der Waals surface area (Å²) in [6.45, 7) is 6.70. The fourth-order valence-corrected chi connectivity index (χ4v) is 2.54. The normalized spacial score (nSPS) is 15.5. The lowest BCUT2D eigenvalue weighted by Gasteiger charge is -2.18. The zero-order valence-corrected chi connectivity index (χ0v) is 10.7. The van der Waals surface area contributed by atoms with Crippen molar-refractivity contribution in [2.45, 2.75) is 52.0 Å². The van der Waals surface area contributed by atoms with E-state index < -0.39 is 0 Å². The Hall–Kier alpha value is -0.830. The van der Waals surface area contributed by atoms with Crippen molar-refractivity contribution in [1.82, 2.24) is 14.9 Å². The van der Waals surface area contributed by atoms with Crippen LogP contribution in [-0.2, 0) is 19.4 Å². The summed E-state index contributed by atoms with van der Waals surface area (Å²) in [4.78, 5) is 4.85. The number of hydrogen-bond donors (Lipinski definition) is 1. The molecule has 0 saturated carbocycles. The number of nitrogens with zero attached hydrogens (tertiary/aromatic N) is 2. The minimum atomic E-state index is 0.558. The number of aromatic nitrogens is 2. The Kier molecular flexibility index (Phi) is 3.64. The summed E-state index contributed by atoms with van der Waals surface area (Å²) in [5.41, 5.74) is 2.85. The molecule has 0 radical (unpaired) electrons. The van der Waals surface area contributed by atoms with Gasteiger partial charge in [-0.2, -0.15) is 0 Å². The SMILES string of the molecule is CNCCc1nc(C(C)C)c2n1CCCC2. The Morgan fingerprint density at radius 1 is 1.38 bits per heavy atom. The number of nitrogens with one attached hydrogen (secondary N) is 1. The summed E-state index contributed by atoms with van der Waals surface area (Å²) in [7, 11) is 2.00. The zero-order chi connectivity index (χ0) is 11.5. The van der Waals surface area contributed by atoms with Crippen molar-refractivity contribution in [2.75, 3.05) is 13.6 Å². The van der Waals surface area contributed by atoms with Crippen LogP contribution in [-0.4, -0.2) is 23.1 Å². The summed E-state index contributed by atoms with van der Waals surface area (Å²) < 4.78 is 2.47. The molecule has 0 saturated heterocycles. The van der Waals surface area contributed by atoms with Crippen LogP contribution < -0.4 is 5.32 Å². The molecule has 1 aromatic heterocycles. The van der Waals surface area contributed by atoms with Crippen molar-refractivity contribution < 1.29 is 0 Å². The molecule has 0 spiro atoms. The molecule has 0 bridgehead atoms. The maximum atomic E-state index is 4.85. The van der Waals surface area contributed by atoms with Crippen molar-refractivity contribution in [3.8, 4) is 0 Å². The standard InChI is InChI=1S/C13H23N3/c1-10(2)13-11-6-4-5-9-16(11)12(15-13)7-8-14-3/h10,14H,4-9H2,1-3H3. The third kappa shape index (κ3) is 2.14. The lowest BCUT2D eigenvalue weighted by Crippen LogP contribution is -2.17. The second kappa shape index (κ2) is 5.00. The average molecular weight is 221 g/mol. The molecule has 1 N–H and O–H groups in total. The minimum Gasteiger partial charge on any atom is -0.332 e. The molecule has 0 aliphatic carbocycles. The third-order valence-corrected chi connectivity index (χ3v) is 3.37. The van der Waals surface area contributed by atoms with E-state index in [2.05, 4.69) is 23.7 Å². The number of likely N-dealkylation sites (N-methyl/N-ethyl adjacent to an activating group) is 1. The molecule has 0 fully saturated rings. The molecule has 0 aromatic carbocycles. The highest BCUT2D eigenvalue weighted by Crippen LogP contribution is 2.26. The van der Waals surface area contributed by atoms with Gasteiger partial charge in [0.2, 0.25) is 0 Å². The van der Waals surface area contributed by atoms with Gasteiger partial charge >= 0.3 is 0 Å². The zero-order valence-electron chi connectivity index (χ0n) is 10.7. The van der Waals surface area contributed by atoms with Crippen LogP contribution in [0.1, 0.15) is 49.8 Å².